The Hall–Kier alpha value is -0.860. The van der Waals surface area contributed by atoms with Crippen LogP contribution in [-0.2, 0) is 6.54 Å². The van der Waals surface area contributed by atoms with Crippen LogP contribution in [0, 0.1) is 6.92 Å². The Kier molecular flexibility index (Phi) is 3.62. The molecule has 0 saturated heterocycles. The minimum atomic E-state index is 0.555. The van der Waals surface area contributed by atoms with Gasteiger partial charge in [-0.15, -0.1) is 0 Å². The fourth-order valence-electron chi connectivity index (χ4n) is 2.66. The van der Waals surface area contributed by atoms with Gasteiger partial charge in [0.1, 0.15) is 0 Å². The van der Waals surface area contributed by atoms with Crippen molar-refractivity contribution in [2.24, 2.45) is 0 Å². The van der Waals surface area contributed by atoms with Gasteiger partial charge in [0, 0.05) is 19.1 Å². The molecule has 0 aliphatic carbocycles. The largest absolute Gasteiger partial charge is 0.311 e. The van der Waals surface area contributed by atoms with E-state index < -0.39 is 0 Å². The van der Waals surface area contributed by atoms with E-state index in [1.165, 1.54) is 16.7 Å². The molecule has 0 fully saturated rings. The van der Waals surface area contributed by atoms with Crippen molar-refractivity contribution in [1.29, 1.82) is 0 Å². The monoisotopic (exact) mass is 218 g/mol. The van der Waals surface area contributed by atoms with Crippen LogP contribution in [0.3, 0.4) is 0 Å². The summed E-state index contributed by atoms with van der Waals surface area (Å²) >= 11 is 0. The molecule has 2 nitrogen and oxygen atoms in total. The number of hydrogen-bond donors (Lipinski definition) is 1. The average molecular weight is 218 g/mol. The van der Waals surface area contributed by atoms with Crippen molar-refractivity contribution >= 4 is 0 Å². The van der Waals surface area contributed by atoms with Crippen LogP contribution in [0.5, 0.6) is 0 Å². The number of benzene rings is 1. The van der Waals surface area contributed by atoms with Gasteiger partial charge in [0.2, 0.25) is 0 Å². The molecule has 0 saturated carbocycles. The molecule has 2 heteroatoms. The van der Waals surface area contributed by atoms with Gasteiger partial charge in [-0.2, -0.15) is 0 Å². The molecule has 1 atom stereocenters. The fraction of sp³-hybridized carbons (Fsp3) is 0.571. The Morgan fingerprint density at radius 3 is 2.75 bits per heavy atom. The minimum absolute atomic E-state index is 0.555. The fourth-order valence-corrected chi connectivity index (χ4v) is 2.66. The third-order valence-electron chi connectivity index (χ3n) is 3.56. The molecule has 0 radical (unpaired) electrons. The van der Waals surface area contributed by atoms with Crippen LogP contribution in [-0.4, -0.2) is 24.5 Å². The lowest BCUT2D eigenvalue weighted by molar-refractivity contribution is 0.204. The van der Waals surface area contributed by atoms with Gasteiger partial charge in [-0.05, 0) is 31.1 Å². The summed E-state index contributed by atoms with van der Waals surface area (Å²) < 4.78 is 0. The van der Waals surface area contributed by atoms with Crippen molar-refractivity contribution in [2.75, 3.05) is 19.6 Å². The summed E-state index contributed by atoms with van der Waals surface area (Å²) in [7, 11) is 0. The van der Waals surface area contributed by atoms with E-state index in [1.807, 2.05) is 0 Å². The molecular weight excluding hydrogens is 196 g/mol. The molecule has 1 aromatic rings. The second kappa shape index (κ2) is 4.98. The van der Waals surface area contributed by atoms with E-state index in [0.717, 1.165) is 26.2 Å². The zero-order valence-electron chi connectivity index (χ0n) is 10.6. The summed E-state index contributed by atoms with van der Waals surface area (Å²) in [6.07, 6.45) is 0. The Labute approximate surface area is 98.7 Å². The number of aryl methyl sites for hydroxylation is 1. The first kappa shape index (κ1) is 11.6. The third kappa shape index (κ3) is 2.13. The van der Waals surface area contributed by atoms with Crippen molar-refractivity contribution in [2.45, 2.75) is 33.4 Å². The summed E-state index contributed by atoms with van der Waals surface area (Å²) in [4.78, 5) is 2.53. The van der Waals surface area contributed by atoms with Crippen LogP contribution in [0.15, 0.2) is 18.2 Å². The summed E-state index contributed by atoms with van der Waals surface area (Å²) in [6.45, 7) is 11.0. The Morgan fingerprint density at radius 2 is 2.06 bits per heavy atom. The molecule has 16 heavy (non-hydrogen) atoms. The maximum Gasteiger partial charge on any atom is 0.0475 e. The number of likely N-dealkylation sites (N-methyl/N-ethyl adjacent to an activating group) is 1. The van der Waals surface area contributed by atoms with Gasteiger partial charge in [0.15, 0.2) is 0 Å². The molecule has 1 N–H and O–H groups in total. The van der Waals surface area contributed by atoms with Gasteiger partial charge in [-0.25, -0.2) is 0 Å². The molecule has 1 aliphatic heterocycles. The lowest BCUT2D eigenvalue weighted by Gasteiger charge is -2.35. The smallest absolute Gasteiger partial charge is 0.0475 e. The predicted octanol–water partition coefficient (Wildman–Crippen LogP) is 2.48. The molecule has 88 valence electrons. The maximum absolute atomic E-state index is 3.53. The highest BCUT2D eigenvalue weighted by atomic mass is 15.2. The Bertz CT molecular complexity index is 356. The molecule has 0 amide bonds. The summed E-state index contributed by atoms with van der Waals surface area (Å²) in [5, 5.41) is 3.53. The van der Waals surface area contributed by atoms with Gasteiger partial charge in [-0.1, -0.05) is 37.6 Å². The lowest BCUT2D eigenvalue weighted by atomic mass is 9.94. The highest BCUT2D eigenvalue weighted by molar-refractivity contribution is 5.35. The molecule has 1 heterocycles. The SMILES string of the molecule is CCN(CC)C1CNCc2cc(C)ccc21. The van der Waals surface area contributed by atoms with Crippen molar-refractivity contribution in [3.8, 4) is 0 Å². The lowest BCUT2D eigenvalue weighted by Crippen LogP contribution is -2.39. The summed E-state index contributed by atoms with van der Waals surface area (Å²) in [5.74, 6) is 0. The summed E-state index contributed by atoms with van der Waals surface area (Å²) in [5.41, 5.74) is 4.36. The maximum atomic E-state index is 3.53. The molecule has 1 unspecified atom stereocenters. The zero-order chi connectivity index (χ0) is 11.5. The van der Waals surface area contributed by atoms with Crippen molar-refractivity contribution in [1.82, 2.24) is 10.2 Å². The Balaban J connectivity index is 2.32. The van der Waals surface area contributed by atoms with E-state index in [0.29, 0.717) is 6.04 Å². The van der Waals surface area contributed by atoms with Gasteiger partial charge in [-0.3, -0.25) is 4.90 Å². The number of nitrogens with one attached hydrogen (secondary N) is 1. The highest BCUT2D eigenvalue weighted by Gasteiger charge is 2.23. The first-order valence-corrected chi connectivity index (χ1v) is 6.30. The summed E-state index contributed by atoms with van der Waals surface area (Å²) in [6, 6.07) is 7.42. The topological polar surface area (TPSA) is 15.3 Å². The molecule has 1 aliphatic rings. The Morgan fingerprint density at radius 1 is 1.31 bits per heavy atom. The van der Waals surface area contributed by atoms with Crippen LogP contribution in [0.1, 0.15) is 36.6 Å². The molecule has 0 aromatic heterocycles. The van der Waals surface area contributed by atoms with Crippen LogP contribution >= 0.6 is 0 Å². The van der Waals surface area contributed by atoms with E-state index in [-0.39, 0.29) is 0 Å². The van der Waals surface area contributed by atoms with Crippen molar-refractivity contribution < 1.29 is 0 Å². The van der Waals surface area contributed by atoms with E-state index in [2.05, 4.69) is 49.2 Å². The first-order chi connectivity index (χ1) is 7.76. The number of rotatable bonds is 3. The normalized spacial score (nSPS) is 19.9. The van der Waals surface area contributed by atoms with E-state index >= 15 is 0 Å². The number of hydrogen-bond acceptors (Lipinski definition) is 2. The number of fused-ring (bicyclic) bond motifs is 1. The standard InChI is InChI=1S/C14H22N2/c1-4-16(5-2)14-10-15-9-12-8-11(3)6-7-13(12)14/h6-8,14-15H,4-5,9-10H2,1-3H3. The van der Waals surface area contributed by atoms with E-state index in [9.17, 15) is 0 Å². The average Bonchev–Trinajstić information content (AvgIpc) is 2.30. The minimum Gasteiger partial charge on any atom is -0.311 e. The highest BCUT2D eigenvalue weighted by Crippen LogP contribution is 2.27. The van der Waals surface area contributed by atoms with Crippen molar-refractivity contribution in [3.63, 3.8) is 0 Å². The van der Waals surface area contributed by atoms with Gasteiger partial charge in [0.05, 0.1) is 0 Å². The van der Waals surface area contributed by atoms with Crippen LogP contribution in [0.4, 0.5) is 0 Å². The molecule has 0 spiro atoms. The predicted molar refractivity (Wildman–Crippen MR) is 68.5 cm³/mol. The third-order valence-corrected chi connectivity index (χ3v) is 3.56. The van der Waals surface area contributed by atoms with Gasteiger partial charge < -0.3 is 5.32 Å². The second-order valence-electron chi connectivity index (χ2n) is 4.57. The number of nitrogens with zero attached hydrogens (tertiary/aromatic N) is 1. The molecule has 0 bridgehead atoms. The van der Waals surface area contributed by atoms with Crippen molar-refractivity contribution in [3.05, 3.63) is 34.9 Å². The van der Waals surface area contributed by atoms with Gasteiger partial charge >= 0.3 is 0 Å². The van der Waals surface area contributed by atoms with E-state index in [4.69, 9.17) is 0 Å². The quantitative estimate of drug-likeness (QED) is 0.838. The second-order valence-corrected chi connectivity index (χ2v) is 4.57. The van der Waals surface area contributed by atoms with E-state index in [1.54, 1.807) is 0 Å². The van der Waals surface area contributed by atoms with Crippen LogP contribution in [0.25, 0.3) is 0 Å². The first-order valence-electron chi connectivity index (χ1n) is 6.30. The van der Waals surface area contributed by atoms with Gasteiger partial charge in [0.25, 0.3) is 0 Å². The van der Waals surface area contributed by atoms with Crippen LogP contribution < -0.4 is 5.32 Å². The molecule has 1 aromatic carbocycles. The molecule has 2 rings (SSSR count). The zero-order valence-corrected chi connectivity index (χ0v) is 10.6. The molecular formula is C14H22N2. The van der Waals surface area contributed by atoms with Crippen LogP contribution in [0.2, 0.25) is 0 Å².